The highest BCUT2D eigenvalue weighted by Crippen LogP contribution is 2.34. The van der Waals surface area contributed by atoms with Crippen LogP contribution in [0.15, 0.2) is 16.8 Å². The van der Waals surface area contributed by atoms with E-state index in [1.807, 2.05) is 0 Å². The molecule has 3 rings (SSSR count). The van der Waals surface area contributed by atoms with Gasteiger partial charge in [0.1, 0.15) is 0 Å². The highest BCUT2D eigenvalue weighted by atomic mass is 32.1. The van der Waals surface area contributed by atoms with E-state index in [2.05, 4.69) is 21.7 Å². The third-order valence-electron chi connectivity index (χ3n) is 4.17. The summed E-state index contributed by atoms with van der Waals surface area (Å²) in [5.74, 6) is 0. The smallest absolute Gasteiger partial charge is 0.0253 e. The Morgan fingerprint density at radius 2 is 2.06 bits per heavy atom. The summed E-state index contributed by atoms with van der Waals surface area (Å²) in [5.41, 5.74) is 7.81. The van der Waals surface area contributed by atoms with Gasteiger partial charge in [-0.05, 0) is 48.1 Å². The van der Waals surface area contributed by atoms with Crippen molar-refractivity contribution < 1.29 is 0 Å². The molecule has 3 heteroatoms. The topological polar surface area (TPSA) is 29.3 Å². The van der Waals surface area contributed by atoms with E-state index >= 15 is 0 Å². The van der Waals surface area contributed by atoms with Crippen molar-refractivity contribution in [3.8, 4) is 0 Å². The fourth-order valence-corrected chi connectivity index (χ4v) is 3.73. The number of hydrogen-bond donors (Lipinski definition) is 1. The molecule has 2 aliphatic carbocycles. The summed E-state index contributed by atoms with van der Waals surface area (Å²) < 4.78 is 0. The molecule has 0 bridgehead atoms. The van der Waals surface area contributed by atoms with Crippen LogP contribution in [0.5, 0.6) is 0 Å². The minimum atomic E-state index is 0.406. The molecule has 1 aromatic rings. The number of nitrogens with two attached hydrogens (primary N) is 1. The number of nitrogens with zero attached hydrogens (tertiary/aromatic N) is 1. The lowest BCUT2D eigenvalue weighted by atomic mass is 9.89. The lowest BCUT2D eigenvalue weighted by Gasteiger charge is -2.38. The molecule has 2 saturated carbocycles. The molecule has 2 nitrogen and oxygen atoms in total. The first-order valence-electron chi connectivity index (χ1n) is 6.87. The van der Waals surface area contributed by atoms with Crippen LogP contribution in [-0.4, -0.2) is 23.0 Å². The number of thiophene rings is 1. The lowest BCUT2D eigenvalue weighted by molar-refractivity contribution is 0.121. The summed E-state index contributed by atoms with van der Waals surface area (Å²) in [5, 5.41) is 4.46. The van der Waals surface area contributed by atoms with Gasteiger partial charge in [0.15, 0.2) is 0 Å². The van der Waals surface area contributed by atoms with Crippen molar-refractivity contribution in [2.24, 2.45) is 5.73 Å². The van der Waals surface area contributed by atoms with Crippen LogP contribution >= 0.6 is 11.3 Å². The molecule has 0 aromatic carbocycles. The molecule has 2 unspecified atom stereocenters. The Bertz CT molecular complexity index is 345. The zero-order chi connectivity index (χ0) is 11.7. The summed E-state index contributed by atoms with van der Waals surface area (Å²) in [7, 11) is 0. The van der Waals surface area contributed by atoms with Crippen LogP contribution in [0.4, 0.5) is 0 Å². The molecule has 17 heavy (non-hydrogen) atoms. The predicted molar refractivity (Wildman–Crippen MR) is 73.1 cm³/mol. The van der Waals surface area contributed by atoms with Gasteiger partial charge in [-0.1, -0.05) is 12.8 Å². The van der Waals surface area contributed by atoms with Crippen molar-refractivity contribution in [3.63, 3.8) is 0 Å². The first-order valence-corrected chi connectivity index (χ1v) is 7.81. The van der Waals surface area contributed by atoms with E-state index < -0.39 is 0 Å². The summed E-state index contributed by atoms with van der Waals surface area (Å²) in [6.07, 6.45) is 7.99. The van der Waals surface area contributed by atoms with Gasteiger partial charge >= 0.3 is 0 Å². The average Bonchev–Trinajstić information content (AvgIpc) is 3.05. The van der Waals surface area contributed by atoms with Gasteiger partial charge in [0, 0.05) is 24.7 Å². The van der Waals surface area contributed by atoms with Crippen LogP contribution in [0.3, 0.4) is 0 Å². The molecule has 1 heterocycles. The van der Waals surface area contributed by atoms with E-state index in [-0.39, 0.29) is 0 Å². The quantitative estimate of drug-likeness (QED) is 0.890. The first kappa shape index (κ1) is 11.7. The molecule has 2 atom stereocenters. The standard InChI is InChI=1S/C14H22N2S/c15-13-3-1-2-4-14(13)16(12-5-6-12)9-11-7-8-17-10-11/h7-8,10,12-14H,1-6,9,15H2. The Balaban J connectivity index is 1.70. The highest BCUT2D eigenvalue weighted by Gasteiger charge is 2.37. The van der Waals surface area contributed by atoms with Gasteiger partial charge in [0.25, 0.3) is 0 Å². The van der Waals surface area contributed by atoms with Crippen LogP contribution in [-0.2, 0) is 6.54 Å². The van der Waals surface area contributed by atoms with E-state index in [1.54, 1.807) is 11.3 Å². The van der Waals surface area contributed by atoms with Gasteiger partial charge in [-0.2, -0.15) is 11.3 Å². The van der Waals surface area contributed by atoms with Gasteiger partial charge in [-0.25, -0.2) is 0 Å². The third kappa shape index (κ3) is 2.72. The number of hydrogen-bond acceptors (Lipinski definition) is 3. The molecule has 0 aliphatic heterocycles. The average molecular weight is 250 g/mol. The zero-order valence-electron chi connectivity index (χ0n) is 10.3. The second kappa shape index (κ2) is 5.09. The van der Waals surface area contributed by atoms with Gasteiger partial charge in [-0.3, -0.25) is 4.90 Å². The molecule has 1 aromatic heterocycles. The molecule has 2 N–H and O–H groups in total. The molecule has 2 aliphatic rings. The molecule has 0 radical (unpaired) electrons. The lowest BCUT2D eigenvalue weighted by Crippen LogP contribution is -2.50. The van der Waals surface area contributed by atoms with Crippen LogP contribution < -0.4 is 5.73 Å². The second-order valence-corrected chi connectivity index (χ2v) is 6.33. The zero-order valence-corrected chi connectivity index (χ0v) is 11.2. The molecule has 0 saturated heterocycles. The van der Waals surface area contributed by atoms with Crippen LogP contribution in [0.1, 0.15) is 44.1 Å². The Labute approximate surface area is 108 Å². The largest absolute Gasteiger partial charge is 0.326 e. The predicted octanol–water partition coefficient (Wildman–Crippen LogP) is 2.98. The maximum atomic E-state index is 6.34. The van der Waals surface area contributed by atoms with Gasteiger partial charge in [-0.15, -0.1) is 0 Å². The van der Waals surface area contributed by atoms with Crippen molar-refractivity contribution >= 4 is 11.3 Å². The van der Waals surface area contributed by atoms with Gasteiger partial charge < -0.3 is 5.73 Å². The molecule has 2 fully saturated rings. The third-order valence-corrected chi connectivity index (χ3v) is 4.90. The van der Waals surface area contributed by atoms with Crippen molar-refractivity contribution in [1.82, 2.24) is 4.90 Å². The van der Waals surface area contributed by atoms with Crippen LogP contribution in [0.2, 0.25) is 0 Å². The fourth-order valence-electron chi connectivity index (χ4n) is 3.07. The minimum absolute atomic E-state index is 0.406. The minimum Gasteiger partial charge on any atom is -0.326 e. The summed E-state index contributed by atoms with van der Waals surface area (Å²) >= 11 is 1.80. The summed E-state index contributed by atoms with van der Waals surface area (Å²) in [6.45, 7) is 1.12. The van der Waals surface area contributed by atoms with E-state index in [1.165, 1.54) is 44.1 Å². The summed E-state index contributed by atoms with van der Waals surface area (Å²) in [4.78, 5) is 2.70. The Hall–Kier alpha value is -0.380. The molecular formula is C14H22N2S. The maximum absolute atomic E-state index is 6.34. The number of rotatable bonds is 4. The molecule has 94 valence electrons. The van der Waals surface area contributed by atoms with Gasteiger partial charge in [0.05, 0.1) is 0 Å². The maximum Gasteiger partial charge on any atom is 0.0253 e. The van der Waals surface area contributed by atoms with Crippen molar-refractivity contribution in [3.05, 3.63) is 22.4 Å². The highest BCUT2D eigenvalue weighted by molar-refractivity contribution is 7.07. The van der Waals surface area contributed by atoms with Crippen molar-refractivity contribution in [1.29, 1.82) is 0 Å². The Kier molecular flexibility index (Phi) is 3.50. The molecule has 0 spiro atoms. The van der Waals surface area contributed by atoms with E-state index in [0.717, 1.165) is 12.6 Å². The van der Waals surface area contributed by atoms with Crippen molar-refractivity contribution in [2.75, 3.05) is 0 Å². The SMILES string of the molecule is NC1CCCCC1N(Cc1ccsc1)C1CC1. The Morgan fingerprint density at radius 3 is 2.71 bits per heavy atom. The van der Waals surface area contributed by atoms with E-state index in [4.69, 9.17) is 5.73 Å². The second-order valence-electron chi connectivity index (χ2n) is 5.55. The summed E-state index contributed by atoms with van der Waals surface area (Å²) in [6, 6.07) is 4.12. The van der Waals surface area contributed by atoms with Crippen LogP contribution in [0.25, 0.3) is 0 Å². The van der Waals surface area contributed by atoms with Crippen molar-refractivity contribution in [2.45, 2.75) is 63.2 Å². The normalized spacial score (nSPS) is 29.8. The Morgan fingerprint density at radius 1 is 1.24 bits per heavy atom. The monoisotopic (exact) mass is 250 g/mol. The fraction of sp³-hybridized carbons (Fsp3) is 0.714. The van der Waals surface area contributed by atoms with Crippen LogP contribution in [0, 0.1) is 0 Å². The van der Waals surface area contributed by atoms with E-state index in [9.17, 15) is 0 Å². The molecular weight excluding hydrogens is 228 g/mol. The van der Waals surface area contributed by atoms with Gasteiger partial charge in [0.2, 0.25) is 0 Å². The molecule has 0 amide bonds. The van der Waals surface area contributed by atoms with E-state index in [0.29, 0.717) is 12.1 Å². The first-order chi connectivity index (χ1) is 8.34.